The van der Waals surface area contributed by atoms with Gasteiger partial charge in [-0.2, -0.15) is 0 Å². The number of nitrogens with zero attached hydrogens (tertiary/aromatic N) is 5. The number of hydrogen-bond acceptors (Lipinski definition) is 4. The Morgan fingerprint density at radius 3 is 2.65 bits per heavy atom. The largest absolute Gasteiger partial charge is 0.307 e. The van der Waals surface area contributed by atoms with Crippen molar-refractivity contribution in [2.45, 2.75) is 38.9 Å². The van der Waals surface area contributed by atoms with Crippen molar-refractivity contribution < 1.29 is 0 Å². The molecule has 0 atom stereocenters. The summed E-state index contributed by atoms with van der Waals surface area (Å²) in [6.45, 7) is 6.29. The van der Waals surface area contributed by atoms with E-state index in [4.69, 9.17) is 4.98 Å². The molecule has 136 valence electrons. The third-order valence-electron chi connectivity index (χ3n) is 5.37. The molecule has 4 rings (SSSR count). The van der Waals surface area contributed by atoms with E-state index < -0.39 is 0 Å². The van der Waals surface area contributed by atoms with Crippen LogP contribution < -0.4 is 0 Å². The Balaban J connectivity index is 1.56. The zero-order valence-corrected chi connectivity index (χ0v) is 15.7. The van der Waals surface area contributed by atoms with Crippen LogP contribution in [0.4, 0.5) is 0 Å². The number of aryl methyl sites for hydroxylation is 1. The highest BCUT2D eigenvalue weighted by atomic mass is 15.2. The summed E-state index contributed by atoms with van der Waals surface area (Å²) in [6, 6.07) is 9.12. The molecule has 0 unspecified atom stereocenters. The van der Waals surface area contributed by atoms with E-state index in [9.17, 15) is 0 Å². The van der Waals surface area contributed by atoms with Gasteiger partial charge < -0.3 is 9.30 Å². The second-order valence-corrected chi connectivity index (χ2v) is 7.50. The number of imidazole rings is 1. The zero-order chi connectivity index (χ0) is 17.9. The second-order valence-electron chi connectivity index (χ2n) is 7.50. The van der Waals surface area contributed by atoms with E-state index in [0.29, 0.717) is 6.04 Å². The molecule has 1 aliphatic heterocycles. The Kier molecular flexibility index (Phi) is 5.00. The quantitative estimate of drug-likeness (QED) is 0.709. The highest BCUT2D eigenvalue weighted by Gasteiger charge is 2.24. The average molecular weight is 349 g/mol. The molecule has 3 aromatic heterocycles. The molecule has 26 heavy (non-hydrogen) atoms. The average Bonchev–Trinajstić information content (AvgIpc) is 3.04. The monoisotopic (exact) mass is 349 g/mol. The Hall–Kier alpha value is -2.24. The molecule has 0 aromatic carbocycles. The van der Waals surface area contributed by atoms with Gasteiger partial charge in [0, 0.05) is 43.9 Å². The Morgan fingerprint density at radius 2 is 1.88 bits per heavy atom. The van der Waals surface area contributed by atoms with Crippen LogP contribution in [0, 0.1) is 6.92 Å². The maximum Gasteiger partial charge on any atom is 0.137 e. The summed E-state index contributed by atoms with van der Waals surface area (Å²) >= 11 is 0. The molecular formula is C21H27N5. The lowest BCUT2D eigenvalue weighted by Gasteiger charge is -2.37. The van der Waals surface area contributed by atoms with Gasteiger partial charge in [0.2, 0.25) is 0 Å². The van der Waals surface area contributed by atoms with Crippen molar-refractivity contribution in [2.75, 3.05) is 20.1 Å². The van der Waals surface area contributed by atoms with Crippen LogP contribution in [0.3, 0.4) is 0 Å². The standard InChI is InChI=1S/C21H27N5/c1-17-5-12-25-15-19(23-21(25)13-17)16-26(14-18-3-8-22-9-4-18)20-6-10-24(2)11-7-20/h3-5,8-9,12-13,15,20H,6-7,10-11,14,16H2,1-2H3. The third kappa shape index (κ3) is 3.94. The number of rotatable bonds is 5. The number of fused-ring (bicyclic) bond motifs is 1. The van der Waals surface area contributed by atoms with Crippen molar-refractivity contribution in [3.8, 4) is 0 Å². The van der Waals surface area contributed by atoms with Gasteiger partial charge in [-0.15, -0.1) is 0 Å². The van der Waals surface area contributed by atoms with Gasteiger partial charge in [-0.3, -0.25) is 9.88 Å². The molecule has 0 N–H and O–H groups in total. The van der Waals surface area contributed by atoms with Gasteiger partial charge in [-0.1, -0.05) is 0 Å². The van der Waals surface area contributed by atoms with Crippen LogP contribution in [0.2, 0.25) is 0 Å². The first-order valence-electron chi connectivity index (χ1n) is 9.43. The van der Waals surface area contributed by atoms with E-state index in [0.717, 1.165) is 24.4 Å². The predicted molar refractivity (Wildman–Crippen MR) is 104 cm³/mol. The second kappa shape index (κ2) is 7.56. The molecule has 4 heterocycles. The highest BCUT2D eigenvalue weighted by molar-refractivity contribution is 5.42. The van der Waals surface area contributed by atoms with Crippen molar-refractivity contribution in [1.82, 2.24) is 24.2 Å². The summed E-state index contributed by atoms with van der Waals surface area (Å²) in [6.07, 6.45) is 10.5. The first-order chi connectivity index (χ1) is 12.7. The van der Waals surface area contributed by atoms with E-state index in [-0.39, 0.29) is 0 Å². The maximum atomic E-state index is 4.86. The Labute approximate surface area is 155 Å². The molecule has 0 aliphatic carbocycles. The van der Waals surface area contributed by atoms with Gasteiger partial charge in [0.05, 0.1) is 5.69 Å². The summed E-state index contributed by atoms with van der Waals surface area (Å²) in [4.78, 5) is 14.0. The minimum Gasteiger partial charge on any atom is -0.307 e. The van der Waals surface area contributed by atoms with Crippen LogP contribution in [0.25, 0.3) is 5.65 Å². The normalized spacial score (nSPS) is 16.6. The molecule has 0 saturated carbocycles. The first kappa shape index (κ1) is 17.2. The minimum atomic E-state index is 0.603. The van der Waals surface area contributed by atoms with Crippen molar-refractivity contribution in [3.63, 3.8) is 0 Å². The third-order valence-corrected chi connectivity index (χ3v) is 5.37. The number of aromatic nitrogens is 3. The van der Waals surface area contributed by atoms with E-state index in [1.54, 1.807) is 0 Å². The van der Waals surface area contributed by atoms with Gasteiger partial charge in [0.1, 0.15) is 5.65 Å². The van der Waals surface area contributed by atoms with Crippen LogP contribution in [-0.2, 0) is 13.1 Å². The van der Waals surface area contributed by atoms with E-state index in [1.165, 1.54) is 37.1 Å². The molecule has 3 aromatic rings. The number of pyridine rings is 2. The Morgan fingerprint density at radius 1 is 1.12 bits per heavy atom. The van der Waals surface area contributed by atoms with Crippen molar-refractivity contribution in [2.24, 2.45) is 0 Å². The molecule has 1 fully saturated rings. The predicted octanol–water partition coefficient (Wildman–Crippen LogP) is 3.13. The van der Waals surface area contributed by atoms with E-state index in [1.807, 2.05) is 12.4 Å². The van der Waals surface area contributed by atoms with Crippen LogP contribution in [0.5, 0.6) is 0 Å². The van der Waals surface area contributed by atoms with Gasteiger partial charge in [-0.05, 0) is 75.3 Å². The molecule has 5 heteroatoms. The lowest BCUT2D eigenvalue weighted by atomic mass is 10.0. The first-order valence-corrected chi connectivity index (χ1v) is 9.43. The minimum absolute atomic E-state index is 0.603. The summed E-state index contributed by atoms with van der Waals surface area (Å²) in [7, 11) is 2.22. The number of hydrogen-bond donors (Lipinski definition) is 0. The SMILES string of the molecule is Cc1ccn2cc(CN(Cc3ccncc3)C3CCN(C)CC3)nc2c1. The molecule has 1 aliphatic rings. The van der Waals surface area contributed by atoms with Gasteiger partial charge in [0.15, 0.2) is 0 Å². The molecule has 0 radical (unpaired) electrons. The fraction of sp³-hybridized carbons (Fsp3) is 0.429. The number of likely N-dealkylation sites (tertiary alicyclic amines) is 1. The summed E-state index contributed by atoms with van der Waals surface area (Å²) in [5.74, 6) is 0. The molecular weight excluding hydrogens is 322 g/mol. The summed E-state index contributed by atoms with van der Waals surface area (Å²) < 4.78 is 2.13. The van der Waals surface area contributed by atoms with E-state index >= 15 is 0 Å². The zero-order valence-electron chi connectivity index (χ0n) is 15.7. The van der Waals surface area contributed by atoms with Gasteiger partial charge in [-0.25, -0.2) is 4.98 Å². The lowest BCUT2D eigenvalue weighted by molar-refractivity contribution is 0.107. The van der Waals surface area contributed by atoms with Crippen LogP contribution >= 0.6 is 0 Å². The van der Waals surface area contributed by atoms with Crippen molar-refractivity contribution in [1.29, 1.82) is 0 Å². The van der Waals surface area contributed by atoms with Crippen LogP contribution in [-0.4, -0.2) is 50.3 Å². The van der Waals surface area contributed by atoms with Crippen LogP contribution in [0.1, 0.15) is 29.7 Å². The highest BCUT2D eigenvalue weighted by Crippen LogP contribution is 2.21. The van der Waals surface area contributed by atoms with Crippen molar-refractivity contribution in [3.05, 3.63) is 65.9 Å². The van der Waals surface area contributed by atoms with Gasteiger partial charge >= 0.3 is 0 Å². The molecule has 0 bridgehead atoms. The molecule has 0 amide bonds. The van der Waals surface area contributed by atoms with Crippen molar-refractivity contribution >= 4 is 5.65 Å². The molecule has 1 saturated heterocycles. The lowest BCUT2D eigenvalue weighted by Crippen LogP contribution is -2.43. The smallest absolute Gasteiger partial charge is 0.137 e. The summed E-state index contributed by atoms with van der Waals surface area (Å²) in [5.41, 5.74) is 4.74. The topological polar surface area (TPSA) is 36.7 Å². The molecule has 5 nitrogen and oxygen atoms in total. The number of piperidine rings is 1. The fourth-order valence-corrected chi connectivity index (χ4v) is 3.82. The van der Waals surface area contributed by atoms with E-state index in [2.05, 4.69) is 69.8 Å². The van der Waals surface area contributed by atoms with Gasteiger partial charge in [0.25, 0.3) is 0 Å². The summed E-state index contributed by atoms with van der Waals surface area (Å²) in [5, 5.41) is 0. The maximum absolute atomic E-state index is 4.86. The van der Waals surface area contributed by atoms with Crippen LogP contribution in [0.15, 0.2) is 49.1 Å². The fourth-order valence-electron chi connectivity index (χ4n) is 3.82. The Bertz CT molecular complexity index is 849. The molecule has 0 spiro atoms.